The highest BCUT2D eigenvalue weighted by Gasteiger charge is 2.49. The van der Waals surface area contributed by atoms with Gasteiger partial charge in [-0.2, -0.15) is 0 Å². The first kappa shape index (κ1) is 23.6. The van der Waals surface area contributed by atoms with Gasteiger partial charge in [0.25, 0.3) is 0 Å². The Balaban J connectivity index is 1.23. The second-order valence-corrected chi connectivity index (χ2v) is 11.7. The Hall–Kier alpha value is -4.27. The van der Waals surface area contributed by atoms with Crippen molar-refractivity contribution in [3.63, 3.8) is 0 Å². The van der Waals surface area contributed by atoms with Crippen LogP contribution in [0.15, 0.2) is 79.0 Å². The number of hydrogen-bond donors (Lipinski definition) is 2. The molecule has 2 aliphatic heterocycles. The molecule has 5 heterocycles. The highest BCUT2D eigenvalue weighted by molar-refractivity contribution is 5.85. The summed E-state index contributed by atoms with van der Waals surface area (Å²) in [5.41, 5.74) is 20.8. The van der Waals surface area contributed by atoms with E-state index in [-0.39, 0.29) is 5.54 Å². The Morgan fingerprint density at radius 1 is 0.850 bits per heavy atom. The Bertz CT molecular complexity index is 1740. The van der Waals surface area contributed by atoms with E-state index in [1.165, 1.54) is 17.7 Å². The molecule has 4 N–H and O–H groups in total. The van der Waals surface area contributed by atoms with Crippen LogP contribution in [0.1, 0.15) is 24.8 Å². The SMILES string of the molecule is Nc1ncccc1-c1nc2ccc(-c3cccc(N4CC5(COC5)C4)c3)nc2n1-c1ccc(C2(N)CCC2)cc1. The number of pyridine rings is 2. The topological polar surface area (TPSA) is 108 Å². The number of benzene rings is 2. The molecule has 0 radical (unpaired) electrons. The zero-order valence-corrected chi connectivity index (χ0v) is 22.3. The Kier molecular flexibility index (Phi) is 5.08. The van der Waals surface area contributed by atoms with Crippen molar-refractivity contribution in [2.24, 2.45) is 11.1 Å². The number of rotatable bonds is 5. The fraction of sp³-hybridized carbons (Fsp3) is 0.281. The number of aromatic nitrogens is 4. The van der Waals surface area contributed by atoms with Crippen molar-refractivity contribution in [1.82, 2.24) is 19.5 Å². The zero-order valence-electron chi connectivity index (χ0n) is 22.3. The summed E-state index contributed by atoms with van der Waals surface area (Å²) in [5.74, 6) is 1.15. The van der Waals surface area contributed by atoms with Crippen LogP contribution in [0, 0.1) is 5.41 Å². The molecular formula is C32H31N7O. The smallest absolute Gasteiger partial charge is 0.165 e. The van der Waals surface area contributed by atoms with E-state index < -0.39 is 0 Å². The monoisotopic (exact) mass is 529 g/mol. The molecule has 1 aliphatic carbocycles. The normalized spacial score (nSPS) is 18.8. The highest BCUT2D eigenvalue weighted by Crippen LogP contribution is 2.42. The number of ether oxygens (including phenoxy) is 1. The molecule has 3 aromatic heterocycles. The largest absolute Gasteiger partial charge is 0.383 e. The second kappa shape index (κ2) is 8.61. The molecule has 0 amide bonds. The molecule has 0 bridgehead atoms. The average molecular weight is 530 g/mol. The highest BCUT2D eigenvalue weighted by atomic mass is 16.5. The van der Waals surface area contributed by atoms with E-state index >= 15 is 0 Å². The van der Waals surface area contributed by atoms with E-state index in [1.54, 1.807) is 6.20 Å². The van der Waals surface area contributed by atoms with Crippen LogP contribution in [0.2, 0.25) is 0 Å². The van der Waals surface area contributed by atoms with E-state index in [9.17, 15) is 0 Å². The maximum absolute atomic E-state index is 6.62. The van der Waals surface area contributed by atoms with Crippen LogP contribution in [0.4, 0.5) is 11.5 Å². The van der Waals surface area contributed by atoms with Gasteiger partial charge in [0.15, 0.2) is 11.5 Å². The van der Waals surface area contributed by atoms with Crippen molar-refractivity contribution in [3.05, 3.63) is 84.6 Å². The number of fused-ring (bicyclic) bond motifs is 1. The minimum atomic E-state index is -0.218. The van der Waals surface area contributed by atoms with Gasteiger partial charge in [0.1, 0.15) is 11.3 Å². The van der Waals surface area contributed by atoms with Crippen LogP contribution in [-0.4, -0.2) is 45.8 Å². The maximum Gasteiger partial charge on any atom is 0.165 e. The first-order valence-electron chi connectivity index (χ1n) is 13.9. The molecule has 2 aromatic carbocycles. The minimum absolute atomic E-state index is 0.218. The third-order valence-corrected chi connectivity index (χ3v) is 8.91. The molecule has 8 heteroatoms. The number of anilines is 2. The average Bonchev–Trinajstić information content (AvgIpc) is 3.29. The predicted octanol–water partition coefficient (Wildman–Crippen LogP) is 4.91. The van der Waals surface area contributed by atoms with E-state index in [2.05, 4.69) is 63.0 Å². The van der Waals surface area contributed by atoms with Crippen molar-refractivity contribution < 1.29 is 4.74 Å². The predicted molar refractivity (Wildman–Crippen MR) is 157 cm³/mol. The summed E-state index contributed by atoms with van der Waals surface area (Å²) in [6, 6.07) is 25.1. The van der Waals surface area contributed by atoms with Gasteiger partial charge in [-0.15, -0.1) is 0 Å². The minimum Gasteiger partial charge on any atom is -0.383 e. The zero-order chi connectivity index (χ0) is 26.9. The summed E-state index contributed by atoms with van der Waals surface area (Å²) in [7, 11) is 0. The fourth-order valence-corrected chi connectivity index (χ4v) is 6.32. The molecule has 5 aromatic rings. The molecule has 1 saturated carbocycles. The standard InChI is InChI=1S/C32H31N7O/c33-28-25(6-2-15-35-28)29-37-27-12-11-26(21-4-1-5-24(16-21)38-17-31(18-38)19-40-20-31)36-30(27)39(29)23-9-7-22(8-10-23)32(34)13-3-14-32/h1-2,4-12,15-16H,3,13-14,17-20,34H2,(H2,33,35). The summed E-state index contributed by atoms with van der Waals surface area (Å²) in [6.07, 6.45) is 4.92. The first-order valence-corrected chi connectivity index (χ1v) is 13.9. The van der Waals surface area contributed by atoms with Crippen LogP contribution >= 0.6 is 0 Å². The molecule has 0 unspecified atom stereocenters. The van der Waals surface area contributed by atoms with Crippen LogP contribution in [0.3, 0.4) is 0 Å². The molecule has 8 nitrogen and oxygen atoms in total. The molecule has 2 saturated heterocycles. The van der Waals surface area contributed by atoms with Crippen molar-refractivity contribution in [1.29, 1.82) is 0 Å². The van der Waals surface area contributed by atoms with Gasteiger partial charge in [-0.1, -0.05) is 24.3 Å². The van der Waals surface area contributed by atoms with E-state index in [0.717, 1.165) is 72.8 Å². The van der Waals surface area contributed by atoms with E-state index in [4.69, 9.17) is 26.2 Å². The van der Waals surface area contributed by atoms with Crippen LogP contribution < -0.4 is 16.4 Å². The van der Waals surface area contributed by atoms with Crippen molar-refractivity contribution in [2.45, 2.75) is 24.8 Å². The van der Waals surface area contributed by atoms with Gasteiger partial charge in [0.2, 0.25) is 0 Å². The third-order valence-electron chi connectivity index (χ3n) is 8.91. The van der Waals surface area contributed by atoms with E-state index in [1.807, 2.05) is 24.3 Å². The van der Waals surface area contributed by atoms with E-state index in [0.29, 0.717) is 17.1 Å². The molecule has 8 rings (SSSR count). The van der Waals surface area contributed by atoms with Crippen molar-refractivity contribution in [3.8, 4) is 28.3 Å². The third kappa shape index (κ3) is 3.63. The first-order chi connectivity index (χ1) is 19.5. The van der Waals surface area contributed by atoms with Gasteiger partial charge in [0, 0.05) is 41.8 Å². The number of nitrogens with two attached hydrogens (primary N) is 2. The van der Waals surface area contributed by atoms with Gasteiger partial charge in [-0.05, 0) is 73.4 Å². The van der Waals surface area contributed by atoms with Crippen LogP contribution in [0.25, 0.3) is 39.5 Å². The molecule has 0 atom stereocenters. The Labute approximate surface area is 232 Å². The number of nitrogens with zero attached hydrogens (tertiary/aromatic N) is 5. The van der Waals surface area contributed by atoms with Crippen LogP contribution in [0.5, 0.6) is 0 Å². The quantitative estimate of drug-likeness (QED) is 0.333. The molecular weight excluding hydrogens is 498 g/mol. The van der Waals surface area contributed by atoms with Gasteiger partial charge >= 0.3 is 0 Å². The summed E-state index contributed by atoms with van der Waals surface area (Å²) >= 11 is 0. The molecule has 3 fully saturated rings. The molecule has 3 aliphatic rings. The van der Waals surface area contributed by atoms with Gasteiger partial charge in [-0.25, -0.2) is 15.0 Å². The van der Waals surface area contributed by atoms with Gasteiger partial charge in [0.05, 0.1) is 29.9 Å². The van der Waals surface area contributed by atoms with Gasteiger partial charge < -0.3 is 21.1 Å². The van der Waals surface area contributed by atoms with Gasteiger partial charge in [-0.3, -0.25) is 4.57 Å². The lowest BCUT2D eigenvalue weighted by Gasteiger charge is -2.56. The summed E-state index contributed by atoms with van der Waals surface area (Å²) in [4.78, 5) is 16.9. The molecule has 40 heavy (non-hydrogen) atoms. The number of hydrogen-bond acceptors (Lipinski definition) is 7. The lowest BCUT2D eigenvalue weighted by molar-refractivity contribution is -0.127. The Morgan fingerprint density at radius 3 is 2.38 bits per heavy atom. The summed E-state index contributed by atoms with van der Waals surface area (Å²) in [6.45, 7) is 3.85. The van der Waals surface area contributed by atoms with Crippen molar-refractivity contribution in [2.75, 3.05) is 36.9 Å². The lowest BCUT2D eigenvalue weighted by atomic mass is 9.73. The summed E-state index contributed by atoms with van der Waals surface area (Å²) in [5, 5.41) is 0. The summed E-state index contributed by atoms with van der Waals surface area (Å²) < 4.78 is 7.54. The van der Waals surface area contributed by atoms with Crippen LogP contribution in [-0.2, 0) is 10.3 Å². The maximum atomic E-state index is 6.62. The Morgan fingerprint density at radius 2 is 1.68 bits per heavy atom. The number of imidazole rings is 1. The molecule has 1 spiro atoms. The fourth-order valence-electron chi connectivity index (χ4n) is 6.32. The molecule has 200 valence electrons. The lowest BCUT2D eigenvalue weighted by Crippen LogP contribution is -2.66. The second-order valence-electron chi connectivity index (χ2n) is 11.7. The number of nitrogen functional groups attached to an aromatic ring is 1. The van der Waals surface area contributed by atoms with Crippen molar-refractivity contribution >= 4 is 22.7 Å².